The molecule has 0 fully saturated rings. The fourth-order valence-electron chi connectivity index (χ4n) is 2.25. The highest BCUT2D eigenvalue weighted by molar-refractivity contribution is 6.30. The Balaban J connectivity index is 1.94. The molecule has 0 radical (unpaired) electrons. The minimum Gasteiger partial charge on any atom is -0.423 e. The van der Waals surface area contributed by atoms with E-state index in [9.17, 15) is 4.79 Å². The first-order valence-electron chi connectivity index (χ1n) is 6.65. The molecule has 4 heteroatoms. The summed E-state index contributed by atoms with van der Waals surface area (Å²) < 4.78 is 5.22. The van der Waals surface area contributed by atoms with E-state index in [1.165, 1.54) is 6.07 Å². The smallest absolute Gasteiger partial charge is 0.336 e. The summed E-state index contributed by atoms with van der Waals surface area (Å²) >= 11 is 5.86. The molecular formula is C17H14ClNO2. The van der Waals surface area contributed by atoms with E-state index in [-0.39, 0.29) is 5.63 Å². The van der Waals surface area contributed by atoms with Crippen molar-refractivity contribution in [2.45, 2.75) is 13.5 Å². The van der Waals surface area contributed by atoms with Crippen LogP contribution in [0, 0.1) is 6.92 Å². The molecule has 0 aliphatic carbocycles. The number of anilines is 1. The molecule has 106 valence electrons. The number of hydrogen-bond acceptors (Lipinski definition) is 3. The zero-order chi connectivity index (χ0) is 14.8. The number of aryl methyl sites for hydroxylation is 1. The Morgan fingerprint density at radius 3 is 2.62 bits per heavy atom. The van der Waals surface area contributed by atoms with E-state index in [4.69, 9.17) is 16.0 Å². The van der Waals surface area contributed by atoms with Gasteiger partial charge in [0.25, 0.3) is 0 Å². The minimum atomic E-state index is -0.334. The highest BCUT2D eigenvalue weighted by Crippen LogP contribution is 2.20. The van der Waals surface area contributed by atoms with Gasteiger partial charge in [-0.15, -0.1) is 0 Å². The maximum atomic E-state index is 11.6. The Morgan fingerprint density at radius 1 is 1.10 bits per heavy atom. The highest BCUT2D eigenvalue weighted by Gasteiger charge is 2.06. The molecule has 0 bridgehead atoms. The summed E-state index contributed by atoms with van der Waals surface area (Å²) in [5.41, 5.74) is 3.28. The third-order valence-corrected chi connectivity index (χ3v) is 3.56. The lowest BCUT2D eigenvalue weighted by Crippen LogP contribution is -2.05. The van der Waals surface area contributed by atoms with E-state index in [0.29, 0.717) is 17.2 Å². The van der Waals surface area contributed by atoms with Crippen LogP contribution in [0.3, 0.4) is 0 Å². The van der Waals surface area contributed by atoms with Crippen molar-refractivity contribution in [2.75, 3.05) is 5.32 Å². The summed E-state index contributed by atoms with van der Waals surface area (Å²) in [7, 11) is 0. The largest absolute Gasteiger partial charge is 0.423 e. The van der Waals surface area contributed by atoms with Crippen LogP contribution in [0.5, 0.6) is 0 Å². The van der Waals surface area contributed by atoms with Gasteiger partial charge in [0, 0.05) is 28.7 Å². The standard InChI is InChI=1S/C17H14ClNO2/c1-11-2-7-16-15(8-11)12(9-17(20)21-16)10-19-14-5-3-13(18)4-6-14/h2-9,19H,10H2,1H3. The second-order valence-electron chi connectivity index (χ2n) is 4.95. The van der Waals surface area contributed by atoms with Crippen LogP contribution >= 0.6 is 11.6 Å². The van der Waals surface area contributed by atoms with Gasteiger partial charge in [0.15, 0.2) is 0 Å². The second kappa shape index (κ2) is 5.62. The molecule has 1 heterocycles. The zero-order valence-electron chi connectivity index (χ0n) is 11.5. The molecular weight excluding hydrogens is 286 g/mol. The van der Waals surface area contributed by atoms with E-state index in [1.807, 2.05) is 49.4 Å². The molecule has 0 atom stereocenters. The number of rotatable bonds is 3. The van der Waals surface area contributed by atoms with Crippen molar-refractivity contribution in [1.82, 2.24) is 0 Å². The van der Waals surface area contributed by atoms with E-state index < -0.39 is 0 Å². The first kappa shape index (κ1) is 13.7. The summed E-state index contributed by atoms with van der Waals surface area (Å²) in [6, 6.07) is 14.8. The minimum absolute atomic E-state index is 0.334. The maximum absolute atomic E-state index is 11.6. The first-order chi connectivity index (χ1) is 10.1. The van der Waals surface area contributed by atoms with Crippen LogP contribution in [0.25, 0.3) is 11.0 Å². The van der Waals surface area contributed by atoms with Crippen LogP contribution in [0.2, 0.25) is 5.02 Å². The third kappa shape index (κ3) is 3.09. The average Bonchev–Trinajstić information content (AvgIpc) is 2.47. The maximum Gasteiger partial charge on any atom is 0.336 e. The van der Waals surface area contributed by atoms with Crippen molar-refractivity contribution in [3.8, 4) is 0 Å². The van der Waals surface area contributed by atoms with Crippen LogP contribution in [-0.4, -0.2) is 0 Å². The molecule has 3 nitrogen and oxygen atoms in total. The molecule has 3 aromatic rings. The van der Waals surface area contributed by atoms with Gasteiger partial charge in [-0.2, -0.15) is 0 Å². The Morgan fingerprint density at radius 2 is 1.86 bits per heavy atom. The number of hydrogen-bond donors (Lipinski definition) is 1. The molecule has 3 rings (SSSR count). The Hall–Kier alpha value is -2.26. The van der Waals surface area contributed by atoms with Gasteiger partial charge in [0.1, 0.15) is 5.58 Å². The molecule has 0 amide bonds. The molecule has 1 N–H and O–H groups in total. The molecule has 0 spiro atoms. The van der Waals surface area contributed by atoms with Crippen LogP contribution in [0.1, 0.15) is 11.1 Å². The molecule has 0 unspecified atom stereocenters. The molecule has 1 aromatic heterocycles. The number of nitrogens with one attached hydrogen (secondary N) is 1. The van der Waals surface area contributed by atoms with Crippen molar-refractivity contribution in [1.29, 1.82) is 0 Å². The first-order valence-corrected chi connectivity index (χ1v) is 7.02. The van der Waals surface area contributed by atoms with Crippen LogP contribution in [0.15, 0.2) is 57.7 Å². The Kier molecular flexibility index (Phi) is 3.67. The SMILES string of the molecule is Cc1ccc2oc(=O)cc(CNc3ccc(Cl)cc3)c2c1. The van der Waals surface area contributed by atoms with Gasteiger partial charge >= 0.3 is 5.63 Å². The molecule has 0 saturated heterocycles. The van der Waals surface area contributed by atoms with E-state index in [1.54, 1.807) is 0 Å². The fourth-order valence-corrected chi connectivity index (χ4v) is 2.38. The fraction of sp³-hybridized carbons (Fsp3) is 0.118. The molecule has 21 heavy (non-hydrogen) atoms. The molecule has 2 aromatic carbocycles. The van der Waals surface area contributed by atoms with Gasteiger partial charge in [-0.25, -0.2) is 4.79 Å². The van der Waals surface area contributed by atoms with Crippen LogP contribution < -0.4 is 10.9 Å². The Labute approximate surface area is 127 Å². The highest BCUT2D eigenvalue weighted by atomic mass is 35.5. The molecule has 0 aliphatic heterocycles. The van der Waals surface area contributed by atoms with E-state index in [2.05, 4.69) is 5.32 Å². The quantitative estimate of drug-likeness (QED) is 0.730. The summed E-state index contributed by atoms with van der Waals surface area (Å²) in [5.74, 6) is 0. The lowest BCUT2D eigenvalue weighted by atomic mass is 10.1. The van der Waals surface area contributed by atoms with Crippen molar-refractivity contribution < 1.29 is 4.42 Å². The van der Waals surface area contributed by atoms with Gasteiger partial charge in [-0.05, 0) is 48.9 Å². The predicted octanol–water partition coefficient (Wildman–Crippen LogP) is 4.37. The van der Waals surface area contributed by atoms with Crippen molar-refractivity contribution in [3.05, 3.63) is 75.1 Å². The second-order valence-corrected chi connectivity index (χ2v) is 5.39. The van der Waals surface area contributed by atoms with Crippen molar-refractivity contribution in [3.63, 3.8) is 0 Å². The molecule has 0 saturated carbocycles. The van der Waals surface area contributed by atoms with Crippen molar-refractivity contribution in [2.24, 2.45) is 0 Å². The summed E-state index contributed by atoms with van der Waals surface area (Å²) in [5, 5.41) is 4.94. The lowest BCUT2D eigenvalue weighted by Gasteiger charge is -2.09. The zero-order valence-corrected chi connectivity index (χ0v) is 12.3. The molecule has 0 aliphatic rings. The van der Waals surface area contributed by atoms with Gasteiger partial charge in [-0.1, -0.05) is 23.2 Å². The summed E-state index contributed by atoms with van der Waals surface area (Å²) in [6.45, 7) is 2.56. The van der Waals surface area contributed by atoms with Gasteiger partial charge in [0.2, 0.25) is 0 Å². The Bertz CT molecular complexity index is 838. The van der Waals surface area contributed by atoms with E-state index >= 15 is 0 Å². The lowest BCUT2D eigenvalue weighted by molar-refractivity contribution is 0.559. The van der Waals surface area contributed by atoms with Crippen LogP contribution in [0.4, 0.5) is 5.69 Å². The number of benzene rings is 2. The summed E-state index contributed by atoms with van der Waals surface area (Å²) in [6.07, 6.45) is 0. The third-order valence-electron chi connectivity index (χ3n) is 3.31. The number of fused-ring (bicyclic) bond motifs is 1. The van der Waals surface area contributed by atoms with Crippen molar-refractivity contribution >= 4 is 28.3 Å². The number of halogens is 1. The van der Waals surface area contributed by atoms with Gasteiger partial charge in [-0.3, -0.25) is 0 Å². The van der Waals surface area contributed by atoms with Gasteiger partial charge < -0.3 is 9.73 Å². The predicted molar refractivity (Wildman–Crippen MR) is 86.0 cm³/mol. The van der Waals surface area contributed by atoms with Crippen LogP contribution in [-0.2, 0) is 6.54 Å². The topological polar surface area (TPSA) is 42.2 Å². The van der Waals surface area contributed by atoms with E-state index in [0.717, 1.165) is 22.2 Å². The monoisotopic (exact) mass is 299 g/mol. The summed E-state index contributed by atoms with van der Waals surface area (Å²) in [4.78, 5) is 11.6. The normalized spacial score (nSPS) is 10.8. The average molecular weight is 300 g/mol. The van der Waals surface area contributed by atoms with Gasteiger partial charge in [0.05, 0.1) is 0 Å².